The summed E-state index contributed by atoms with van der Waals surface area (Å²) in [5, 5.41) is 5.79. The number of halogens is 3. The van der Waals surface area contributed by atoms with Gasteiger partial charge in [0.1, 0.15) is 11.5 Å². The highest BCUT2D eigenvalue weighted by atomic mass is 19.4. The highest BCUT2D eigenvalue weighted by molar-refractivity contribution is 6.00. The number of nitrogens with zero attached hydrogens (tertiary/aromatic N) is 1. The van der Waals surface area contributed by atoms with Crippen LogP contribution in [0.4, 0.5) is 13.2 Å². The van der Waals surface area contributed by atoms with Gasteiger partial charge in [-0.3, -0.25) is 9.89 Å². The number of rotatable bonds is 1. The average Bonchev–Trinajstić information content (AvgIpc) is 2.83. The summed E-state index contributed by atoms with van der Waals surface area (Å²) in [4.78, 5) is 11.8. The van der Waals surface area contributed by atoms with Crippen LogP contribution in [0.1, 0.15) is 28.9 Å². The Morgan fingerprint density at radius 2 is 1.86 bits per heavy atom. The fourth-order valence-corrected chi connectivity index (χ4v) is 2.46. The van der Waals surface area contributed by atoms with Crippen molar-refractivity contribution in [2.24, 2.45) is 0 Å². The fraction of sp³-hybridized carbons (Fsp3) is 0.200. The van der Waals surface area contributed by atoms with Gasteiger partial charge in [-0.1, -0.05) is 30.3 Å². The zero-order valence-corrected chi connectivity index (χ0v) is 10.9. The molecule has 3 nitrogen and oxygen atoms in total. The first-order valence-electron chi connectivity index (χ1n) is 6.37. The van der Waals surface area contributed by atoms with Gasteiger partial charge in [0.2, 0.25) is 0 Å². The molecule has 0 saturated heterocycles. The monoisotopic (exact) mass is 292 g/mol. The molecule has 0 unspecified atom stereocenters. The zero-order chi connectivity index (χ0) is 15.0. The minimum atomic E-state index is -4.53. The van der Waals surface area contributed by atoms with E-state index in [9.17, 15) is 18.0 Å². The maximum atomic E-state index is 12.9. The summed E-state index contributed by atoms with van der Waals surface area (Å²) in [6, 6.07) is 9.13. The van der Waals surface area contributed by atoms with Crippen LogP contribution in [0.15, 0.2) is 30.3 Å². The first-order valence-corrected chi connectivity index (χ1v) is 6.37. The lowest BCUT2D eigenvalue weighted by Gasteiger charge is -2.15. The van der Waals surface area contributed by atoms with Gasteiger partial charge in [-0.05, 0) is 17.2 Å². The van der Waals surface area contributed by atoms with Gasteiger partial charge >= 0.3 is 6.18 Å². The molecule has 3 rings (SSSR count). The van der Waals surface area contributed by atoms with Crippen molar-refractivity contribution in [3.63, 3.8) is 0 Å². The van der Waals surface area contributed by atoms with E-state index < -0.39 is 11.9 Å². The van der Waals surface area contributed by atoms with Gasteiger partial charge < -0.3 is 0 Å². The Bertz CT molecular complexity index is 714. The van der Waals surface area contributed by atoms with Crippen molar-refractivity contribution in [2.75, 3.05) is 0 Å². The van der Waals surface area contributed by atoms with Crippen LogP contribution in [-0.2, 0) is 17.4 Å². The molecule has 0 fully saturated rings. The lowest BCUT2D eigenvalue weighted by atomic mass is 9.89. The molecule has 1 heterocycles. The molecule has 0 amide bonds. The first-order chi connectivity index (χ1) is 9.95. The first kappa shape index (κ1) is 13.6. The number of nitrogens with one attached hydrogen (secondary N) is 1. The smallest absolute Gasteiger partial charge is 0.299 e. The number of aromatic nitrogens is 2. The van der Waals surface area contributed by atoms with Gasteiger partial charge in [0.05, 0.1) is 5.69 Å². The van der Waals surface area contributed by atoms with Crippen LogP contribution in [0.25, 0.3) is 11.6 Å². The van der Waals surface area contributed by atoms with Crippen LogP contribution in [0, 0.1) is 0 Å². The Morgan fingerprint density at radius 3 is 2.52 bits per heavy atom. The van der Waals surface area contributed by atoms with E-state index in [0.717, 1.165) is 5.56 Å². The predicted molar refractivity (Wildman–Crippen MR) is 71.2 cm³/mol. The molecule has 1 aromatic carbocycles. The number of allylic oxidation sites excluding steroid dienone is 1. The Morgan fingerprint density at radius 1 is 1.14 bits per heavy atom. The predicted octanol–water partition coefficient (Wildman–Crippen LogP) is 3.48. The van der Waals surface area contributed by atoms with E-state index in [4.69, 9.17) is 0 Å². The van der Waals surface area contributed by atoms with Crippen LogP contribution < -0.4 is 0 Å². The minimum absolute atomic E-state index is 0.0547. The van der Waals surface area contributed by atoms with E-state index >= 15 is 0 Å². The molecule has 1 aromatic heterocycles. The fourth-order valence-electron chi connectivity index (χ4n) is 2.46. The van der Waals surface area contributed by atoms with Gasteiger partial charge in [-0.15, -0.1) is 0 Å². The quantitative estimate of drug-likeness (QED) is 0.874. The van der Waals surface area contributed by atoms with Crippen molar-refractivity contribution in [1.82, 2.24) is 10.2 Å². The van der Waals surface area contributed by atoms with Crippen molar-refractivity contribution in [3.8, 4) is 0 Å². The Balaban J connectivity index is 2.10. The third-order valence-corrected chi connectivity index (χ3v) is 3.36. The molecule has 6 heteroatoms. The van der Waals surface area contributed by atoms with E-state index in [1.54, 1.807) is 6.08 Å². The molecule has 0 atom stereocenters. The molecule has 2 aromatic rings. The van der Waals surface area contributed by atoms with Crippen LogP contribution >= 0.6 is 0 Å². The SMILES string of the molecule is O=C1C/C(=C\c2ccccc2)c2n[nH]c(C(F)(F)F)c2C1. The van der Waals surface area contributed by atoms with Gasteiger partial charge in [-0.2, -0.15) is 18.3 Å². The average molecular weight is 292 g/mol. The summed E-state index contributed by atoms with van der Waals surface area (Å²) < 4.78 is 38.7. The summed E-state index contributed by atoms with van der Waals surface area (Å²) in [6.07, 6.45) is -2.95. The topological polar surface area (TPSA) is 45.8 Å². The summed E-state index contributed by atoms with van der Waals surface area (Å²) >= 11 is 0. The summed E-state index contributed by atoms with van der Waals surface area (Å²) in [6.45, 7) is 0. The Labute approximate surface area is 118 Å². The maximum absolute atomic E-state index is 12.9. The molecule has 108 valence electrons. The second-order valence-corrected chi connectivity index (χ2v) is 4.90. The second kappa shape index (κ2) is 4.87. The van der Waals surface area contributed by atoms with Crippen molar-refractivity contribution in [2.45, 2.75) is 19.0 Å². The van der Waals surface area contributed by atoms with E-state index in [2.05, 4.69) is 5.10 Å². The van der Waals surface area contributed by atoms with Crippen LogP contribution in [-0.4, -0.2) is 16.0 Å². The van der Waals surface area contributed by atoms with Crippen LogP contribution in [0.5, 0.6) is 0 Å². The lowest BCUT2D eigenvalue weighted by molar-refractivity contribution is -0.141. The number of fused-ring (bicyclic) bond motifs is 1. The minimum Gasteiger partial charge on any atom is -0.299 e. The van der Waals surface area contributed by atoms with Gasteiger partial charge in [0.25, 0.3) is 0 Å². The molecule has 0 radical (unpaired) electrons. The molecule has 1 N–H and O–H groups in total. The van der Waals surface area contributed by atoms with Crippen molar-refractivity contribution >= 4 is 17.4 Å². The second-order valence-electron chi connectivity index (χ2n) is 4.90. The van der Waals surface area contributed by atoms with Crippen molar-refractivity contribution < 1.29 is 18.0 Å². The summed E-state index contributed by atoms with van der Waals surface area (Å²) in [5.74, 6) is -0.239. The normalized spacial score (nSPS) is 17.1. The third-order valence-electron chi connectivity index (χ3n) is 3.36. The van der Waals surface area contributed by atoms with Crippen molar-refractivity contribution in [1.29, 1.82) is 0 Å². The number of benzene rings is 1. The molecular formula is C15H11F3N2O. The number of H-pyrrole nitrogens is 1. The number of ketones is 1. The number of aromatic amines is 1. The van der Waals surface area contributed by atoms with E-state index in [1.165, 1.54) is 0 Å². The number of alkyl halides is 3. The number of hydrogen-bond donors (Lipinski definition) is 1. The molecule has 0 bridgehead atoms. The molecule has 0 spiro atoms. The van der Waals surface area contributed by atoms with Gasteiger partial charge in [0, 0.05) is 18.4 Å². The number of carbonyl (C=O) groups is 1. The van der Waals surface area contributed by atoms with Crippen LogP contribution in [0.2, 0.25) is 0 Å². The lowest BCUT2D eigenvalue weighted by Crippen LogP contribution is -2.16. The van der Waals surface area contributed by atoms with Crippen molar-refractivity contribution in [3.05, 3.63) is 52.8 Å². The third kappa shape index (κ3) is 2.61. The number of Topliss-reactive ketones (excluding diaryl/α,β-unsaturated/α-hetero) is 1. The van der Waals surface area contributed by atoms with E-state index in [1.807, 2.05) is 35.4 Å². The number of hydrogen-bond acceptors (Lipinski definition) is 2. The highest BCUT2D eigenvalue weighted by Gasteiger charge is 2.39. The molecule has 21 heavy (non-hydrogen) atoms. The van der Waals surface area contributed by atoms with E-state index in [0.29, 0.717) is 5.57 Å². The molecule has 0 aliphatic heterocycles. The largest absolute Gasteiger partial charge is 0.433 e. The summed E-state index contributed by atoms with van der Waals surface area (Å²) in [5.41, 5.74) is 0.597. The van der Waals surface area contributed by atoms with Gasteiger partial charge in [0.15, 0.2) is 0 Å². The zero-order valence-electron chi connectivity index (χ0n) is 10.9. The van der Waals surface area contributed by atoms with Gasteiger partial charge in [-0.25, -0.2) is 0 Å². The molecule has 0 saturated carbocycles. The molecular weight excluding hydrogens is 281 g/mol. The number of carbonyl (C=O) groups excluding carboxylic acids is 1. The highest BCUT2D eigenvalue weighted by Crippen LogP contribution is 2.37. The Kier molecular flexibility index (Phi) is 3.16. The summed E-state index contributed by atoms with van der Waals surface area (Å²) in [7, 11) is 0. The molecule has 1 aliphatic carbocycles. The standard InChI is InChI=1S/C15H11F3N2O/c16-15(17,18)14-12-8-11(21)7-10(13(12)19-20-14)6-9-4-2-1-3-5-9/h1-6H,7-8H2,(H,19,20)/b10-6+. The van der Waals surface area contributed by atoms with Crippen LogP contribution in [0.3, 0.4) is 0 Å². The molecule has 1 aliphatic rings. The Hall–Kier alpha value is -2.37. The maximum Gasteiger partial charge on any atom is 0.433 e. The van der Waals surface area contributed by atoms with E-state index in [-0.39, 0.29) is 29.9 Å².